The van der Waals surface area contributed by atoms with E-state index in [0.717, 1.165) is 43.0 Å². The molecule has 1 aromatic carbocycles. The first-order chi connectivity index (χ1) is 9.13. The second-order valence-corrected chi connectivity index (χ2v) is 6.14. The van der Waals surface area contributed by atoms with Gasteiger partial charge in [-0.3, -0.25) is 4.79 Å². The quantitative estimate of drug-likeness (QED) is 0.814. The summed E-state index contributed by atoms with van der Waals surface area (Å²) in [7, 11) is 0. The molecule has 2 aliphatic rings. The summed E-state index contributed by atoms with van der Waals surface area (Å²) in [6.07, 6.45) is 5.29. The first kappa shape index (κ1) is 12.8. The summed E-state index contributed by atoms with van der Waals surface area (Å²) in [6, 6.07) is 5.60. The van der Waals surface area contributed by atoms with Crippen LogP contribution in [-0.2, 0) is 4.79 Å². The molecule has 1 fully saturated rings. The molecule has 4 heteroatoms. The molecule has 1 saturated carbocycles. The second kappa shape index (κ2) is 4.71. The summed E-state index contributed by atoms with van der Waals surface area (Å²) >= 11 is 5.96. The highest BCUT2D eigenvalue weighted by Gasteiger charge is 2.44. The van der Waals surface area contributed by atoms with E-state index in [0.29, 0.717) is 5.02 Å². The van der Waals surface area contributed by atoms with Crippen LogP contribution in [0, 0.1) is 5.92 Å². The van der Waals surface area contributed by atoms with E-state index in [2.05, 4.69) is 17.6 Å². The van der Waals surface area contributed by atoms with E-state index in [1.165, 1.54) is 6.42 Å². The molecule has 102 valence electrons. The highest BCUT2D eigenvalue weighted by Crippen LogP contribution is 2.41. The van der Waals surface area contributed by atoms with E-state index in [9.17, 15) is 4.79 Å². The van der Waals surface area contributed by atoms with Gasteiger partial charge in [-0.1, -0.05) is 24.9 Å². The van der Waals surface area contributed by atoms with Crippen molar-refractivity contribution in [3.8, 4) is 0 Å². The smallest absolute Gasteiger partial charge is 0.250 e. The van der Waals surface area contributed by atoms with Crippen molar-refractivity contribution in [1.29, 1.82) is 0 Å². The molecule has 0 bridgehead atoms. The molecule has 0 unspecified atom stereocenters. The van der Waals surface area contributed by atoms with E-state index < -0.39 is 5.54 Å². The van der Waals surface area contributed by atoms with Crippen LogP contribution in [0.4, 0.5) is 11.4 Å². The summed E-state index contributed by atoms with van der Waals surface area (Å²) in [5.41, 5.74) is 1.37. The molecule has 1 heterocycles. The summed E-state index contributed by atoms with van der Waals surface area (Å²) in [5.74, 6) is 0.864. The second-order valence-electron chi connectivity index (χ2n) is 5.70. The maximum absolute atomic E-state index is 12.4. The summed E-state index contributed by atoms with van der Waals surface area (Å²) in [5, 5.41) is 7.12. The molecule has 1 aliphatic carbocycles. The number of benzene rings is 1. The van der Waals surface area contributed by atoms with Crippen LogP contribution in [0.25, 0.3) is 0 Å². The Morgan fingerprint density at radius 2 is 2.05 bits per heavy atom. The van der Waals surface area contributed by atoms with E-state index >= 15 is 0 Å². The molecule has 19 heavy (non-hydrogen) atoms. The molecule has 0 saturated heterocycles. The molecule has 1 spiro atoms. The lowest BCUT2D eigenvalue weighted by atomic mass is 9.74. The summed E-state index contributed by atoms with van der Waals surface area (Å²) in [4.78, 5) is 12.4. The van der Waals surface area contributed by atoms with Crippen molar-refractivity contribution in [2.75, 3.05) is 10.6 Å². The number of carbonyl (C=O) groups excluding carboxylic acids is 1. The lowest BCUT2D eigenvalue weighted by molar-refractivity contribution is -0.121. The Kier molecular flexibility index (Phi) is 3.17. The fourth-order valence-electron chi connectivity index (χ4n) is 3.22. The standard InChI is InChI=1S/C15H19ClN2O/c1-2-10-5-7-15(8-6-10)14(19)17-13-9-11(16)3-4-12(13)18-15/h3-4,9-10,18H,2,5-8H2,1H3,(H,17,19). The number of halogens is 1. The van der Waals surface area contributed by atoms with Gasteiger partial charge in [0.25, 0.3) is 0 Å². The number of rotatable bonds is 1. The largest absolute Gasteiger partial charge is 0.370 e. The lowest BCUT2D eigenvalue weighted by Gasteiger charge is -2.43. The minimum absolute atomic E-state index is 0.0943. The summed E-state index contributed by atoms with van der Waals surface area (Å²) in [6.45, 7) is 2.23. The highest BCUT2D eigenvalue weighted by atomic mass is 35.5. The van der Waals surface area contributed by atoms with Crippen LogP contribution in [0.2, 0.25) is 5.02 Å². The molecule has 0 aromatic heterocycles. The first-order valence-electron chi connectivity index (χ1n) is 7.02. The van der Waals surface area contributed by atoms with Crippen LogP contribution in [0.3, 0.4) is 0 Å². The number of amides is 1. The zero-order valence-electron chi connectivity index (χ0n) is 11.1. The zero-order valence-corrected chi connectivity index (χ0v) is 11.9. The van der Waals surface area contributed by atoms with Gasteiger partial charge >= 0.3 is 0 Å². The van der Waals surface area contributed by atoms with Gasteiger partial charge in [-0.2, -0.15) is 0 Å². The van der Waals surface area contributed by atoms with Gasteiger partial charge in [0.05, 0.1) is 11.4 Å². The van der Waals surface area contributed by atoms with Gasteiger partial charge < -0.3 is 10.6 Å². The molecule has 3 rings (SSSR count). The summed E-state index contributed by atoms with van der Waals surface area (Å²) < 4.78 is 0. The highest BCUT2D eigenvalue weighted by molar-refractivity contribution is 6.31. The van der Waals surface area contributed by atoms with Gasteiger partial charge in [-0.05, 0) is 49.8 Å². The van der Waals surface area contributed by atoms with Gasteiger partial charge in [0, 0.05) is 5.02 Å². The Hall–Kier alpha value is -1.22. The fourth-order valence-corrected chi connectivity index (χ4v) is 3.39. The van der Waals surface area contributed by atoms with Crippen molar-refractivity contribution in [2.24, 2.45) is 5.92 Å². The Morgan fingerprint density at radius 1 is 1.32 bits per heavy atom. The number of hydrogen-bond donors (Lipinski definition) is 2. The Morgan fingerprint density at radius 3 is 2.74 bits per heavy atom. The number of hydrogen-bond acceptors (Lipinski definition) is 2. The van der Waals surface area contributed by atoms with E-state index in [1.807, 2.05) is 12.1 Å². The predicted octanol–water partition coefficient (Wildman–Crippen LogP) is 4.04. The molecule has 2 N–H and O–H groups in total. The van der Waals surface area contributed by atoms with Crippen LogP contribution < -0.4 is 10.6 Å². The monoisotopic (exact) mass is 278 g/mol. The molecule has 0 radical (unpaired) electrons. The van der Waals surface area contributed by atoms with Crippen molar-refractivity contribution < 1.29 is 4.79 Å². The molecular formula is C15H19ClN2O. The van der Waals surface area contributed by atoms with E-state index in [-0.39, 0.29) is 5.91 Å². The van der Waals surface area contributed by atoms with Crippen molar-refractivity contribution in [1.82, 2.24) is 0 Å². The first-order valence-corrected chi connectivity index (χ1v) is 7.40. The van der Waals surface area contributed by atoms with Crippen LogP contribution in [-0.4, -0.2) is 11.4 Å². The van der Waals surface area contributed by atoms with E-state index in [1.54, 1.807) is 6.07 Å². The SMILES string of the molecule is CCC1CCC2(CC1)Nc1ccc(Cl)cc1NC2=O. The zero-order chi connectivity index (χ0) is 13.5. The van der Waals surface area contributed by atoms with Crippen LogP contribution >= 0.6 is 11.6 Å². The number of carbonyl (C=O) groups is 1. The van der Waals surface area contributed by atoms with Gasteiger partial charge in [-0.15, -0.1) is 0 Å². The number of fused-ring (bicyclic) bond motifs is 1. The fraction of sp³-hybridized carbons (Fsp3) is 0.533. The van der Waals surface area contributed by atoms with Crippen LogP contribution in [0.1, 0.15) is 39.0 Å². The van der Waals surface area contributed by atoms with Gasteiger partial charge in [0.15, 0.2) is 0 Å². The third-order valence-corrected chi connectivity index (χ3v) is 4.81. The third kappa shape index (κ3) is 2.20. The normalized spacial score (nSPS) is 29.6. The minimum Gasteiger partial charge on any atom is -0.370 e. The number of nitrogens with one attached hydrogen (secondary N) is 2. The van der Waals surface area contributed by atoms with Gasteiger partial charge in [0.1, 0.15) is 5.54 Å². The predicted molar refractivity (Wildman–Crippen MR) is 78.7 cm³/mol. The lowest BCUT2D eigenvalue weighted by Crippen LogP contribution is -2.54. The molecule has 1 amide bonds. The Labute approximate surface area is 118 Å². The van der Waals surface area contributed by atoms with Crippen molar-refractivity contribution in [3.05, 3.63) is 23.2 Å². The maximum atomic E-state index is 12.4. The molecule has 0 atom stereocenters. The average molecular weight is 279 g/mol. The Bertz CT molecular complexity index is 507. The van der Waals surface area contributed by atoms with Crippen molar-refractivity contribution >= 4 is 28.9 Å². The van der Waals surface area contributed by atoms with Crippen LogP contribution in [0.15, 0.2) is 18.2 Å². The molecule has 1 aliphatic heterocycles. The van der Waals surface area contributed by atoms with Crippen molar-refractivity contribution in [3.63, 3.8) is 0 Å². The van der Waals surface area contributed by atoms with Crippen molar-refractivity contribution in [2.45, 2.75) is 44.6 Å². The molecule has 1 aromatic rings. The molecule has 3 nitrogen and oxygen atoms in total. The van der Waals surface area contributed by atoms with Crippen LogP contribution in [0.5, 0.6) is 0 Å². The van der Waals surface area contributed by atoms with Gasteiger partial charge in [-0.25, -0.2) is 0 Å². The minimum atomic E-state index is -0.410. The third-order valence-electron chi connectivity index (χ3n) is 4.57. The maximum Gasteiger partial charge on any atom is 0.250 e. The van der Waals surface area contributed by atoms with E-state index in [4.69, 9.17) is 11.6 Å². The topological polar surface area (TPSA) is 41.1 Å². The Balaban J connectivity index is 1.86. The van der Waals surface area contributed by atoms with Gasteiger partial charge in [0.2, 0.25) is 5.91 Å². The average Bonchev–Trinajstić information content (AvgIpc) is 2.42. The molecular weight excluding hydrogens is 260 g/mol. The number of anilines is 2.